The molecule has 2 aromatic rings. The van der Waals surface area contributed by atoms with E-state index in [1.54, 1.807) is 12.1 Å². The number of nitrogens with one attached hydrogen (secondary N) is 2. The van der Waals surface area contributed by atoms with Crippen molar-refractivity contribution in [3.63, 3.8) is 0 Å². The third kappa shape index (κ3) is 3.91. The molecule has 2 amide bonds. The van der Waals surface area contributed by atoms with E-state index in [2.05, 4.69) is 10.6 Å². The van der Waals surface area contributed by atoms with Crippen LogP contribution in [0.25, 0.3) is 0 Å². The number of halogens is 1. The van der Waals surface area contributed by atoms with Crippen LogP contribution in [-0.2, 0) is 4.79 Å². The van der Waals surface area contributed by atoms with E-state index in [-0.39, 0.29) is 17.5 Å². The van der Waals surface area contributed by atoms with Gasteiger partial charge in [-0.1, -0.05) is 17.2 Å². The lowest BCUT2D eigenvalue weighted by atomic mass is 10.1. The zero-order chi connectivity index (χ0) is 16.3. The molecule has 0 atom stereocenters. The highest BCUT2D eigenvalue weighted by Crippen LogP contribution is 2.20. The molecular weight excluding hydrogens is 283 g/mol. The molecule has 0 fully saturated rings. The fourth-order valence-electron chi connectivity index (χ4n) is 2.20. The third-order valence-corrected chi connectivity index (χ3v) is 3.02. The molecule has 0 saturated carbocycles. The number of rotatable bonds is 3. The first-order valence-electron chi connectivity index (χ1n) is 6.82. The van der Waals surface area contributed by atoms with Crippen LogP contribution in [0, 0.1) is 19.7 Å². The van der Waals surface area contributed by atoms with Crippen molar-refractivity contribution in [3.8, 4) is 0 Å². The number of carbonyl (C=O) groups excluding carboxylic acids is 2. The first-order chi connectivity index (χ1) is 10.3. The second kappa shape index (κ2) is 6.39. The Bertz CT molecular complexity index is 721. The lowest BCUT2D eigenvalue weighted by Crippen LogP contribution is -2.13. The number of aryl methyl sites for hydroxylation is 2. The van der Waals surface area contributed by atoms with Crippen molar-refractivity contribution >= 4 is 23.2 Å². The Kier molecular flexibility index (Phi) is 4.56. The number of hydrogen-bond acceptors (Lipinski definition) is 2. The Balaban J connectivity index is 2.22. The van der Waals surface area contributed by atoms with Crippen molar-refractivity contribution in [1.29, 1.82) is 0 Å². The van der Waals surface area contributed by atoms with Gasteiger partial charge in [0.15, 0.2) is 0 Å². The maximum Gasteiger partial charge on any atom is 0.255 e. The molecule has 22 heavy (non-hydrogen) atoms. The molecule has 0 radical (unpaired) electrons. The summed E-state index contributed by atoms with van der Waals surface area (Å²) >= 11 is 0. The number of anilines is 2. The topological polar surface area (TPSA) is 58.2 Å². The van der Waals surface area contributed by atoms with E-state index in [1.165, 1.54) is 25.1 Å². The summed E-state index contributed by atoms with van der Waals surface area (Å²) in [5, 5.41) is 5.08. The van der Waals surface area contributed by atoms with Gasteiger partial charge in [0.25, 0.3) is 5.91 Å². The summed E-state index contributed by atoms with van der Waals surface area (Å²) in [4.78, 5) is 23.3. The van der Waals surface area contributed by atoms with E-state index >= 15 is 0 Å². The van der Waals surface area contributed by atoms with Crippen LogP contribution in [0.5, 0.6) is 0 Å². The fourth-order valence-corrected chi connectivity index (χ4v) is 2.20. The van der Waals surface area contributed by atoms with Gasteiger partial charge in [0.05, 0.1) is 5.69 Å². The van der Waals surface area contributed by atoms with E-state index in [0.717, 1.165) is 11.1 Å². The first-order valence-corrected chi connectivity index (χ1v) is 6.82. The Labute approximate surface area is 128 Å². The van der Waals surface area contributed by atoms with E-state index < -0.39 is 5.82 Å². The molecule has 0 aliphatic rings. The quantitative estimate of drug-likeness (QED) is 0.909. The van der Waals surface area contributed by atoms with Crippen LogP contribution >= 0.6 is 0 Å². The molecule has 2 rings (SSSR count). The molecule has 0 spiro atoms. The van der Waals surface area contributed by atoms with E-state index in [0.29, 0.717) is 11.3 Å². The predicted octanol–water partition coefficient (Wildman–Crippen LogP) is 3.65. The average Bonchev–Trinajstić information content (AvgIpc) is 2.41. The van der Waals surface area contributed by atoms with Crippen LogP contribution in [-0.4, -0.2) is 11.8 Å². The van der Waals surface area contributed by atoms with Crippen molar-refractivity contribution in [1.82, 2.24) is 0 Å². The lowest BCUT2D eigenvalue weighted by molar-refractivity contribution is -0.114. The van der Waals surface area contributed by atoms with Crippen LogP contribution in [0.15, 0.2) is 36.4 Å². The summed E-state index contributed by atoms with van der Waals surface area (Å²) < 4.78 is 13.6. The van der Waals surface area contributed by atoms with Crippen molar-refractivity contribution in [3.05, 3.63) is 58.9 Å². The van der Waals surface area contributed by atoms with Gasteiger partial charge in [-0.15, -0.1) is 0 Å². The average molecular weight is 300 g/mol. The summed E-state index contributed by atoms with van der Waals surface area (Å²) in [6.07, 6.45) is 0. The Hall–Kier alpha value is -2.69. The van der Waals surface area contributed by atoms with Gasteiger partial charge in [0.1, 0.15) is 5.82 Å². The van der Waals surface area contributed by atoms with Crippen LogP contribution in [0.2, 0.25) is 0 Å². The Morgan fingerprint density at radius 2 is 1.59 bits per heavy atom. The van der Waals surface area contributed by atoms with Gasteiger partial charge >= 0.3 is 0 Å². The normalized spacial score (nSPS) is 10.2. The van der Waals surface area contributed by atoms with Crippen molar-refractivity contribution in [2.75, 3.05) is 10.6 Å². The molecule has 0 unspecified atom stereocenters. The Morgan fingerprint density at radius 1 is 0.955 bits per heavy atom. The lowest BCUT2D eigenvalue weighted by Gasteiger charge is -2.10. The molecule has 0 aromatic heterocycles. The summed E-state index contributed by atoms with van der Waals surface area (Å²) in [6, 6.07) is 9.56. The minimum atomic E-state index is -0.556. The maximum atomic E-state index is 13.6. The van der Waals surface area contributed by atoms with Gasteiger partial charge in [-0.3, -0.25) is 9.59 Å². The SMILES string of the molecule is CC(=O)Nc1cc(NC(=O)c2cc(C)cc(C)c2)ccc1F. The largest absolute Gasteiger partial charge is 0.324 e. The maximum absolute atomic E-state index is 13.6. The second-order valence-corrected chi connectivity index (χ2v) is 5.21. The first kappa shape index (κ1) is 15.7. The van der Waals surface area contributed by atoms with Gasteiger partial charge in [-0.25, -0.2) is 4.39 Å². The zero-order valence-corrected chi connectivity index (χ0v) is 12.7. The molecule has 0 saturated heterocycles. The number of hydrogen-bond donors (Lipinski definition) is 2. The van der Waals surface area contributed by atoms with Gasteiger partial charge in [-0.05, 0) is 44.2 Å². The number of benzene rings is 2. The molecule has 2 aromatic carbocycles. The summed E-state index contributed by atoms with van der Waals surface area (Å²) in [5.41, 5.74) is 2.95. The molecule has 2 N–H and O–H groups in total. The molecule has 0 aliphatic carbocycles. The van der Waals surface area contributed by atoms with Crippen LogP contribution in [0.3, 0.4) is 0 Å². The smallest absolute Gasteiger partial charge is 0.255 e. The monoisotopic (exact) mass is 300 g/mol. The van der Waals surface area contributed by atoms with Gasteiger partial charge in [-0.2, -0.15) is 0 Å². The standard InChI is InChI=1S/C17H17FN2O2/c1-10-6-11(2)8-13(7-10)17(22)20-14-4-5-15(18)16(9-14)19-12(3)21/h4-9H,1-3H3,(H,19,21)(H,20,22). The highest BCUT2D eigenvalue weighted by molar-refractivity contribution is 6.05. The summed E-state index contributed by atoms with van der Waals surface area (Å²) in [7, 11) is 0. The number of amides is 2. The highest BCUT2D eigenvalue weighted by atomic mass is 19.1. The zero-order valence-electron chi connectivity index (χ0n) is 12.7. The molecule has 0 heterocycles. The highest BCUT2D eigenvalue weighted by Gasteiger charge is 2.10. The summed E-state index contributed by atoms with van der Waals surface area (Å²) in [5.74, 6) is -1.22. The molecule has 114 valence electrons. The van der Waals surface area contributed by atoms with Crippen molar-refractivity contribution in [2.24, 2.45) is 0 Å². The molecule has 5 heteroatoms. The third-order valence-electron chi connectivity index (χ3n) is 3.02. The van der Waals surface area contributed by atoms with Crippen LogP contribution < -0.4 is 10.6 Å². The molecule has 4 nitrogen and oxygen atoms in total. The second-order valence-electron chi connectivity index (χ2n) is 5.21. The predicted molar refractivity (Wildman–Crippen MR) is 84.6 cm³/mol. The van der Waals surface area contributed by atoms with E-state index in [1.807, 2.05) is 19.9 Å². The van der Waals surface area contributed by atoms with Gasteiger partial charge in [0, 0.05) is 18.2 Å². The summed E-state index contributed by atoms with van der Waals surface area (Å²) in [6.45, 7) is 5.12. The molecular formula is C17H17FN2O2. The molecule has 0 bridgehead atoms. The van der Waals surface area contributed by atoms with E-state index in [4.69, 9.17) is 0 Å². The van der Waals surface area contributed by atoms with Crippen LogP contribution in [0.1, 0.15) is 28.4 Å². The van der Waals surface area contributed by atoms with Crippen LogP contribution in [0.4, 0.5) is 15.8 Å². The van der Waals surface area contributed by atoms with Crippen molar-refractivity contribution < 1.29 is 14.0 Å². The number of carbonyl (C=O) groups is 2. The minimum Gasteiger partial charge on any atom is -0.324 e. The fraction of sp³-hybridized carbons (Fsp3) is 0.176. The Morgan fingerprint density at radius 3 is 2.18 bits per heavy atom. The van der Waals surface area contributed by atoms with Gasteiger partial charge in [0.2, 0.25) is 5.91 Å². The van der Waals surface area contributed by atoms with E-state index in [9.17, 15) is 14.0 Å². The minimum absolute atomic E-state index is 0.0331. The molecule has 0 aliphatic heterocycles. The van der Waals surface area contributed by atoms with Gasteiger partial charge < -0.3 is 10.6 Å². The van der Waals surface area contributed by atoms with Crippen molar-refractivity contribution in [2.45, 2.75) is 20.8 Å².